The van der Waals surface area contributed by atoms with Crippen molar-refractivity contribution in [2.75, 3.05) is 11.1 Å². The van der Waals surface area contributed by atoms with Crippen molar-refractivity contribution in [3.8, 4) is 22.5 Å². The van der Waals surface area contributed by atoms with Crippen molar-refractivity contribution >= 4 is 17.4 Å². The maximum Gasteiger partial charge on any atom is 0.417 e. The minimum Gasteiger partial charge on any atom is -0.398 e. The van der Waals surface area contributed by atoms with Crippen molar-refractivity contribution in [2.45, 2.75) is 6.18 Å². The second kappa shape index (κ2) is 6.35. The first-order chi connectivity index (χ1) is 12.3. The largest absolute Gasteiger partial charge is 0.417 e. The van der Waals surface area contributed by atoms with Crippen molar-refractivity contribution < 1.29 is 18.0 Å². The Labute approximate surface area is 144 Å². The molecule has 0 bridgehead atoms. The van der Waals surface area contributed by atoms with Gasteiger partial charge >= 0.3 is 12.2 Å². The highest BCUT2D eigenvalue weighted by Gasteiger charge is 2.35. The average Bonchev–Trinajstić information content (AvgIpc) is 3.09. The monoisotopic (exact) mass is 363 g/mol. The van der Waals surface area contributed by atoms with Crippen molar-refractivity contribution in [1.82, 2.24) is 20.6 Å². The molecular weight excluding hydrogens is 351 g/mol. The molecule has 3 rings (SSSR count). The number of nitrogens with one attached hydrogen (secondary N) is 2. The van der Waals surface area contributed by atoms with Gasteiger partial charge in [-0.1, -0.05) is 18.2 Å². The number of hydrogen-bond donors (Lipinski definition) is 4. The molecule has 0 saturated heterocycles. The van der Waals surface area contributed by atoms with Gasteiger partial charge in [0.25, 0.3) is 0 Å². The average molecular weight is 363 g/mol. The summed E-state index contributed by atoms with van der Waals surface area (Å²) in [5.41, 5.74) is 10.2. The second-order valence-corrected chi connectivity index (χ2v) is 5.22. The third kappa shape index (κ3) is 3.14. The lowest BCUT2D eigenvalue weighted by Gasteiger charge is -2.19. The highest BCUT2D eigenvalue weighted by atomic mass is 19.4. The number of nitrogen functional groups attached to an aromatic ring is 1. The summed E-state index contributed by atoms with van der Waals surface area (Å²) in [7, 11) is 0. The van der Waals surface area contributed by atoms with E-state index in [1.54, 1.807) is 0 Å². The van der Waals surface area contributed by atoms with Crippen molar-refractivity contribution in [3.05, 3.63) is 42.0 Å². The molecule has 3 aromatic rings. The highest BCUT2D eigenvalue weighted by molar-refractivity contribution is 6.01. The number of hydrogen-bond acceptors (Lipinski definition) is 5. The highest BCUT2D eigenvalue weighted by Crippen LogP contribution is 2.45. The van der Waals surface area contributed by atoms with Crippen LogP contribution in [0.5, 0.6) is 0 Å². The zero-order valence-electron chi connectivity index (χ0n) is 13.0. The van der Waals surface area contributed by atoms with Gasteiger partial charge in [0.15, 0.2) is 0 Å². The first kappa shape index (κ1) is 17.2. The zero-order chi connectivity index (χ0) is 18.9. The fraction of sp³-hybridized carbons (Fsp3) is 0.0667. The van der Waals surface area contributed by atoms with Crippen LogP contribution in [-0.4, -0.2) is 26.7 Å². The maximum absolute atomic E-state index is 13.5. The van der Waals surface area contributed by atoms with Crippen LogP contribution in [0.3, 0.4) is 0 Å². The number of rotatable bonds is 3. The Morgan fingerprint density at radius 3 is 2.46 bits per heavy atom. The number of aromatic amines is 1. The Bertz CT molecular complexity index is 954. The number of halogens is 3. The van der Waals surface area contributed by atoms with E-state index in [2.05, 4.69) is 25.9 Å². The molecule has 0 saturated carbocycles. The Morgan fingerprint density at radius 1 is 1.12 bits per heavy atom. The van der Waals surface area contributed by atoms with Crippen LogP contribution in [0, 0.1) is 0 Å². The molecule has 2 aromatic carbocycles. The lowest BCUT2D eigenvalue weighted by atomic mass is 9.92. The molecule has 0 radical (unpaired) electrons. The summed E-state index contributed by atoms with van der Waals surface area (Å²) in [6.07, 6.45) is -4.62. The molecular formula is C15H12F3N7O. The van der Waals surface area contributed by atoms with E-state index in [0.717, 1.165) is 6.07 Å². The van der Waals surface area contributed by atoms with Crippen LogP contribution in [0.2, 0.25) is 0 Å². The molecule has 134 valence electrons. The summed E-state index contributed by atoms with van der Waals surface area (Å²) in [4.78, 5) is 11.3. The van der Waals surface area contributed by atoms with Crippen LogP contribution in [0.4, 0.5) is 29.3 Å². The van der Waals surface area contributed by atoms with Gasteiger partial charge in [-0.3, -0.25) is 0 Å². The number of carbonyl (C=O) groups is 1. The number of nitrogens with zero attached hydrogens (tertiary/aromatic N) is 3. The number of alkyl halides is 3. The molecule has 1 aromatic heterocycles. The van der Waals surface area contributed by atoms with Crippen molar-refractivity contribution in [2.24, 2.45) is 5.73 Å². The lowest BCUT2D eigenvalue weighted by molar-refractivity contribution is -0.137. The molecule has 26 heavy (non-hydrogen) atoms. The standard InChI is InChI=1S/C15H12F3N7O/c16-15(17,18)8-4-2-1-3-7(8)11-9(19)5-6-10(21-14(20)26)12(11)13-22-24-25-23-13/h1-6H,19H2,(H3,20,21,26)(H,22,23,24,25). The van der Waals surface area contributed by atoms with E-state index in [1.807, 2.05) is 0 Å². The maximum atomic E-state index is 13.5. The van der Waals surface area contributed by atoms with Gasteiger partial charge in [-0.25, -0.2) is 4.79 Å². The normalized spacial score (nSPS) is 11.3. The van der Waals surface area contributed by atoms with Gasteiger partial charge in [-0.15, -0.1) is 10.2 Å². The third-order valence-electron chi connectivity index (χ3n) is 3.57. The number of aromatic nitrogens is 4. The fourth-order valence-corrected chi connectivity index (χ4v) is 2.59. The lowest BCUT2D eigenvalue weighted by Crippen LogP contribution is -2.20. The van der Waals surface area contributed by atoms with Crippen LogP contribution >= 0.6 is 0 Å². The van der Waals surface area contributed by atoms with Gasteiger partial charge in [-0.2, -0.15) is 18.4 Å². The molecule has 0 unspecified atom stereocenters. The van der Waals surface area contributed by atoms with Crippen LogP contribution in [0.25, 0.3) is 22.5 Å². The summed E-state index contributed by atoms with van der Waals surface area (Å²) in [5.74, 6) is -0.0481. The Hall–Kier alpha value is -3.63. The van der Waals surface area contributed by atoms with Crippen LogP contribution in [0.1, 0.15) is 5.56 Å². The summed E-state index contributed by atoms with van der Waals surface area (Å²) in [6, 6.07) is 6.76. The number of tetrazole rings is 1. The second-order valence-electron chi connectivity index (χ2n) is 5.22. The number of carbonyl (C=O) groups excluding carboxylic acids is 1. The Morgan fingerprint density at radius 2 is 1.85 bits per heavy atom. The molecule has 6 N–H and O–H groups in total. The SMILES string of the molecule is NC(=O)Nc1ccc(N)c(-c2ccccc2C(F)(F)F)c1-c1nn[nH]n1. The molecule has 0 aliphatic rings. The molecule has 0 fully saturated rings. The fourth-order valence-electron chi connectivity index (χ4n) is 2.59. The quantitative estimate of drug-likeness (QED) is 0.530. The van der Waals surface area contributed by atoms with E-state index in [4.69, 9.17) is 11.5 Å². The van der Waals surface area contributed by atoms with E-state index in [9.17, 15) is 18.0 Å². The Kier molecular flexibility index (Phi) is 4.20. The Balaban J connectivity index is 2.37. The zero-order valence-corrected chi connectivity index (χ0v) is 13.0. The van der Waals surface area contributed by atoms with Gasteiger partial charge in [0.2, 0.25) is 5.82 Å². The van der Waals surface area contributed by atoms with E-state index in [1.165, 1.54) is 30.3 Å². The van der Waals surface area contributed by atoms with Gasteiger partial charge < -0.3 is 16.8 Å². The topological polar surface area (TPSA) is 136 Å². The number of nitrogens with two attached hydrogens (primary N) is 2. The smallest absolute Gasteiger partial charge is 0.398 e. The molecule has 2 amide bonds. The number of urea groups is 1. The van der Waals surface area contributed by atoms with Crippen LogP contribution in [0.15, 0.2) is 36.4 Å². The molecule has 8 nitrogen and oxygen atoms in total. The van der Waals surface area contributed by atoms with Gasteiger partial charge in [0.1, 0.15) is 0 Å². The summed E-state index contributed by atoms with van der Waals surface area (Å²) < 4.78 is 40.4. The molecule has 0 aliphatic heterocycles. The molecule has 0 atom stereocenters. The summed E-state index contributed by atoms with van der Waals surface area (Å²) >= 11 is 0. The minimum atomic E-state index is -4.62. The van der Waals surface area contributed by atoms with Crippen molar-refractivity contribution in [1.29, 1.82) is 0 Å². The number of H-pyrrole nitrogens is 1. The van der Waals surface area contributed by atoms with Gasteiger partial charge in [0.05, 0.1) is 16.8 Å². The first-order valence-corrected chi connectivity index (χ1v) is 7.18. The third-order valence-corrected chi connectivity index (χ3v) is 3.57. The molecule has 1 heterocycles. The predicted molar refractivity (Wildman–Crippen MR) is 87.7 cm³/mol. The number of amides is 2. The van der Waals surface area contributed by atoms with Crippen LogP contribution < -0.4 is 16.8 Å². The summed E-state index contributed by atoms with van der Waals surface area (Å²) in [6.45, 7) is 0. The number of primary amides is 1. The van der Waals surface area contributed by atoms with E-state index in [-0.39, 0.29) is 33.9 Å². The minimum absolute atomic E-state index is 0.00516. The number of benzene rings is 2. The van der Waals surface area contributed by atoms with Gasteiger partial charge in [0, 0.05) is 11.3 Å². The van der Waals surface area contributed by atoms with E-state index in [0.29, 0.717) is 0 Å². The van der Waals surface area contributed by atoms with E-state index < -0.39 is 17.8 Å². The van der Waals surface area contributed by atoms with E-state index >= 15 is 0 Å². The van der Waals surface area contributed by atoms with Crippen molar-refractivity contribution in [3.63, 3.8) is 0 Å². The molecule has 0 aliphatic carbocycles. The molecule has 0 spiro atoms. The van der Waals surface area contributed by atoms with Crippen LogP contribution in [-0.2, 0) is 6.18 Å². The molecule has 11 heteroatoms. The summed E-state index contributed by atoms with van der Waals surface area (Å²) in [5, 5.41) is 15.6. The number of anilines is 2. The predicted octanol–water partition coefficient (Wildman–Crippen LogP) is 2.63. The first-order valence-electron chi connectivity index (χ1n) is 7.18. The van der Waals surface area contributed by atoms with Gasteiger partial charge in [-0.05, 0) is 29.0 Å².